The summed E-state index contributed by atoms with van der Waals surface area (Å²) >= 11 is 0. The van der Waals surface area contributed by atoms with E-state index in [1.165, 1.54) is 28.8 Å². The van der Waals surface area contributed by atoms with Crippen molar-refractivity contribution in [1.82, 2.24) is 5.32 Å². The minimum atomic E-state index is -0.185. The van der Waals surface area contributed by atoms with Gasteiger partial charge >= 0.3 is 0 Å². The van der Waals surface area contributed by atoms with Crippen LogP contribution in [0.3, 0.4) is 0 Å². The molecule has 21 heavy (non-hydrogen) atoms. The third-order valence-electron chi connectivity index (χ3n) is 3.91. The van der Waals surface area contributed by atoms with Crippen molar-refractivity contribution in [2.45, 2.75) is 40.3 Å². The second-order valence-corrected chi connectivity index (χ2v) is 6.08. The minimum Gasteiger partial charge on any atom is -0.306 e. The zero-order valence-corrected chi connectivity index (χ0v) is 13.3. The molecule has 1 N–H and O–H groups in total. The number of rotatable bonds is 5. The van der Waals surface area contributed by atoms with Crippen LogP contribution in [-0.2, 0) is 6.54 Å². The Hall–Kier alpha value is -1.67. The standard InChI is InChI=1S/C19H24FN/c1-13(2)19(16-7-9-18(20)10-8-16)21-12-17-6-5-14(3)11-15(17)4/h5-11,13,19,21H,12H2,1-4H3. The molecule has 1 unspecified atom stereocenters. The summed E-state index contributed by atoms with van der Waals surface area (Å²) in [5.74, 6) is 0.261. The van der Waals surface area contributed by atoms with Gasteiger partial charge in [-0.3, -0.25) is 0 Å². The monoisotopic (exact) mass is 285 g/mol. The third-order valence-corrected chi connectivity index (χ3v) is 3.91. The maximum atomic E-state index is 13.1. The molecule has 2 aromatic rings. The number of benzene rings is 2. The molecular formula is C19H24FN. The number of nitrogens with one attached hydrogen (secondary N) is 1. The summed E-state index contributed by atoms with van der Waals surface area (Å²) in [6.07, 6.45) is 0. The molecule has 1 nitrogen and oxygen atoms in total. The maximum Gasteiger partial charge on any atom is 0.123 e. The van der Waals surface area contributed by atoms with E-state index < -0.39 is 0 Å². The van der Waals surface area contributed by atoms with Gasteiger partial charge in [-0.05, 0) is 48.6 Å². The van der Waals surface area contributed by atoms with Gasteiger partial charge in [-0.2, -0.15) is 0 Å². The Balaban J connectivity index is 2.12. The molecule has 0 amide bonds. The van der Waals surface area contributed by atoms with Gasteiger partial charge in [0.25, 0.3) is 0 Å². The second-order valence-electron chi connectivity index (χ2n) is 6.08. The zero-order valence-electron chi connectivity index (χ0n) is 13.3. The van der Waals surface area contributed by atoms with Gasteiger partial charge in [0.1, 0.15) is 5.82 Å². The highest BCUT2D eigenvalue weighted by atomic mass is 19.1. The van der Waals surface area contributed by atoms with E-state index in [1.807, 2.05) is 12.1 Å². The minimum absolute atomic E-state index is 0.185. The fraction of sp³-hybridized carbons (Fsp3) is 0.368. The first-order valence-corrected chi connectivity index (χ1v) is 7.52. The summed E-state index contributed by atoms with van der Waals surface area (Å²) in [6.45, 7) is 9.45. The Kier molecular flexibility index (Phi) is 5.13. The van der Waals surface area contributed by atoms with Crippen molar-refractivity contribution in [3.05, 3.63) is 70.5 Å². The van der Waals surface area contributed by atoms with Gasteiger partial charge in [0.05, 0.1) is 0 Å². The van der Waals surface area contributed by atoms with E-state index >= 15 is 0 Å². The van der Waals surface area contributed by atoms with Crippen LogP contribution in [0.5, 0.6) is 0 Å². The number of halogens is 1. The predicted molar refractivity (Wildman–Crippen MR) is 86.7 cm³/mol. The fourth-order valence-corrected chi connectivity index (χ4v) is 2.67. The topological polar surface area (TPSA) is 12.0 Å². The van der Waals surface area contributed by atoms with Gasteiger partial charge < -0.3 is 5.32 Å². The molecular weight excluding hydrogens is 261 g/mol. The van der Waals surface area contributed by atoms with Crippen molar-refractivity contribution in [2.24, 2.45) is 5.92 Å². The molecule has 0 spiro atoms. The highest BCUT2D eigenvalue weighted by molar-refractivity contribution is 5.30. The van der Waals surface area contributed by atoms with Crippen LogP contribution in [-0.4, -0.2) is 0 Å². The van der Waals surface area contributed by atoms with Crippen LogP contribution in [0, 0.1) is 25.6 Å². The quantitative estimate of drug-likeness (QED) is 0.821. The lowest BCUT2D eigenvalue weighted by molar-refractivity contribution is 0.410. The van der Waals surface area contributed by atoms with Crippen LogP contribution in [0.25, 0.3) is 0 Å². The van der Waals surface area contributed by atoms with Crippen molar-refractivity contribution in [3.63, 3.8) is 0 Å². The Labute approximate surface area is 127 Å². The second kappa shape index (κ2) is 6.86. The average molecular weight is 285 g/mol. The highest BCUT2D eigenvalue weighted by Gasteiger charge is 2.15. The average Bonchev–Trinajstić information content (AvgIpc) is 2.42. The van der Waals surface area contributed by atoms with Crippen molar-refractivity contribution >= 4 is 0 Å². The molecule has 0 aliphatic carbocycles. The van der Waals surface area contributed by atoms with Gasteiger partial charge in [0.2, 0.25) is 0 Å². The van der Waals surface area contributed by atoms with Gasteiger partial charge in [0, 0.05) is 12.6 Å². The molecule has 1 atom stereocenters. The van der Waals surface area contributed by atoms with Crippen LogP contribution in [0.1, 0.15) is 42.1 Å². The van der Waals surface area contributed by atoms with Crippen LogP contribution in [0.4, 0.5) is 4.39 Å². The third kappa shape index (κ3) is 4.15. The van der Waals surface area contributed by atoms with E-state index in [0.29, 0.717) is 5.92 Å². The lowest BCUT2D eigenvalue weighted by Gasteiger charge is -2.23. The smallest absolute Gasteiger partial charge is 0.123 e. The van der Waals surface area contributed by atoms with Crippen molar-refractivity contribution in [3.8, 4) is 0 Å². The maximum absolute atomic E-state index is 13.1. The van der Waals surface area contributed by atoms with Gasteiger partial charge in [0.15, 0.2) is 0 Å². The van der Waals surface area contributed by atoms with Crippen molar-refractivity contribution in [2.75, 3.05) is 0 Å². The largest absolute Gasteiger partial charge is 0.306 e. The van der Waals surface area contributed by atoms with E-state index in [1.54, 1.807) is 0 Å². The summed E-state index contributed by atoms with van der Waals surface area (Å²) in [6, 6.07) is 13.6. The summed E-state index contributed by atoms with van der Waals surface area (Å²) in [7, 11) is 0. The van der Waals surface area contributed by atoms with E-state index in [9.17, 15) is 4.39 Å². The molecule has 0 radical (unpaired) electrons. The zero-order chi connectivity index (χ0) is 15.4. The Bertz CT molecular complexity index is 587. The number of aryl methyl sites for hydroxylation is 2. The molecule has 2 aromatic carbocycles. The molecule has 2 heteroatoms. The van der Waals surface area contributed by atoms with E-state index in [2.05, 4.69) is 51.2 Å². The van der Waals surface area contributed by atoms with E-state index in [4.69, 9.17) is 0 Å². The van der Waals surface area contributed by atoms with Crippen LogP contribution < -0.4 is 5.32 Å². The normalized spacial score (nSPS) is 12.7. The molecule has 0 aliphatic heterocycles. The first-order valence-electron chi connectivity index (χ1n) is 7.52. The lowest BCUT2D eigenvalue weighted by atomic mass is 9.95. The Morgan fingerprint density at radius 2 is 1.67 bits per heavy atom. The lowest BCUT2D eigenvalue weighted by Crippen LogP contribution is -2.25. The highest BCUT2D eigenvalue weighted by Crippen LogP contribution is 2.23. The number of hydrogen-bond acceptors (Lipinski definition) is 1. The summed E-state index contributed by atoms with van der Waals surface area (Å²) in [5, 5.41) is 3.61. The molecule has 0 saturated heterocycles. The van der Waals surface area contributed by atoms with Crippen LogP contribution >= 0.6 is 0 Å². The molecule has 0 aliphatic rings. The molecule has 0 aromatic heterocycles. The Morgan fingerprint density at radius 3 is 2.24 bits per heavy atom. The molecule has 0 saturated carbocycles. The van der Waals surface area contributed by atoms with E-state index in [0.717, 1.165) is 12.1 Å². The van der Waals surface area contributed by atoms with Gasteiger partial charge in [-0.15, -0.1) is 0 Å². The van der Waals surface area contributed by atoms with Crippen molar-refractivity contribution in [1.29, 1.82) is 0 Å². The molecule has 2 rings (SSSR count). The first kappa shape index (κ1) is 15.7. The summed E-state index contributed by atoms with van der Waals surface area (Å²) in [4.78, 5) is 0. The van der Waals surface area contributed by atoms with Gasteiger partial charge in [-0.1, -0.05) is 49.7 Å². The SMILES string of the molecule is Cc1ccc(CNC(c2ccc(F)cc2)C(C)C)c(C)c1. The van der Waals surface area contributed by atoms with Crippen LogP contribution in [0.15, 0.2) is 42.5 Å². The molecule has 0 bridgehead atoms. The fourth-order valence-electron chi connectivity index (χ4n) is 2.67. The molecule has 0 heterocycles. The number of hydrogen-bond donors (Lipinski definition) is 1. The van der Waals surface area contributed by atoms with Gasteiger partial charge in [-0.25, -0.2) is 4.39 Å². The summed E-state index contributed by atoms with van der Waals surface area (Å²) in [5.41, 5.74) is 5.05. The van der Waals surface area contributed by atoms with Crippen LogP contribution in [0.2, 0.25) is 0 Å². The Morgan fingerprint density at radius 1 is 1.00 bits per heavy atom. The van der Waals surface area contributed by atoms with Crippen molar-refractivity contribution < 1.29 is 4.39 Å². The predicted octanol–water partition coefficient (Wildman–Crippen LogP) is 4.93. The molecule has 112 valence electrons. The summed E-state index contributed by atoms with van der Waals surface area (Å²) < 4.78 is 13.1. The first-order chi connectivity index (χ1) is 9.97. The van der Waals surface area contributed by atoms with E-state index in [-0.39, 0.29) is 11.9 Å². The molecule has 0 fully saturated rings.